The van der Waals surface area contributed by atoms with Crippen molar-refractivity contribution in [3.8, 4) is 6.07 Å². The van der Waals surface area contributed by atoms with Crippen molar-refractivity contribution in [2.75, 3.05) is 13.1 Å². The smallest absolute Gasteiger partial charge is 0.0851 e. The molecule has 2 nitrogen and oxygen atoms in total. The second-order valence-corrected chi connectivity index (χ2v) is 9.73. The summed E-state index contributed by atoms with van der Waals surface area (Å²) in [7, 11) is 0. The minimum atomic E-state index is -0.487. The van der Waals surface area contributed by atoms with Crippen LogP contribution >= 0.6 is 23.2 Å². The zero-order chi connectivity index (χ0) is 22.1. The highest BCUT2D eigenvalue weighted by atomic mass is 35.5. The zero-order valence-corrected chi connectivity index (χ0v) is 20.1. The van der Waals surface area contributed by atoms with Gasteiger partial charge in [0.2, 0.25) is 0 Å². The number of benzene rings is 2. The van der Waals surface area contributed by atoms with Gasteiger partial charge in [-0.2, -0.15) is 5.26 Å². The number of hydrogen-bond donors (Lipinski definition) is 0. The Bertz CT molecular complexity index is 855. The number of hydrogen-bond acceptors (Lipinski definition) is 2. The van der Waals surface area contributed by atoms with Gasteiger partial charge in [-0.05, 0) is 74.4 Å². The fraction of sp³-hybridized carbons (Fsp3) is 0.519. The molecule has 4 heteroatoms. The highest BCUT2D eigenvalue weighted by Crippen LogP contribution is 2.45. The molecule has 1 aliphatic rings. The molecular weight excluding hydrogens is 423 g/mol. The molecule has 166 valence electrons. The summed E-state index contributed by atoms with van der Waals surface area (Å²) >= 11 is 12.6. The van der Waals surface area contributed by atoms with E-state index in [0.29, 0.717) is 16.0 Å². The molecule has 0 heterocycles. The average Bonchev–Trinajstić information content (AvgIpc) is 2.80. The van der Waals surface area contributed by atoms with Crippen molar-refractivity contribution in [1.29, 1.82) is 5.26 Å². The molecule has 0 aliphatic heterocycles. The van der Waals surface area contributed by atoms with Crippen LogP contribution in [-0.4, -0.2) is 18.0 Å². The summed E-state index contributed by atoms with van der Waals surface area (Å²) < 4.78 is 0. The third kappa shape index (κ3) is 6.26. The van der Waals surface area contributed by atoms with Gasteiger partial charge in [0.25, 0.3) is 0 Å². The largest absolute Gasteiger partial charge is 0.299 e. The van der Waals surface area contributed by atoms with E-state index in [2.05, 4.69) is 48.2 Å². The molecule has 31 heavy (non-hydrogen) atoms. The number of rotatable bonds is 10. The molecule has 0 spiro atoms. The lowest BCUT2D eigenvalue weighted by Crippen LogP contribution is -2.36. The first-order chi connectivity index (χ1) is 15.1. The van der Waals surface area contributed by atoms with Crippen molar-refractivity contribution in [3.63, 3.8) is 0 Å². The van der Waals surface area contributed by atoms with Gasteiger partial charge in [-0.1, -0.05) is 85.8 Å². The minimum absolute atomic E-state index is 0.386. The molecule has 1 saturated carbocycles. The second-order valence-electron chi connectivity index (χ2n) is 8.91. The lowest BCUT2D eigenvalue weighted by Gasteiger charge is -2.38. The molecule has 2 aromatic rings. The van der Waals surface area contributed by atoms with Gasteiger partial charge in [-0.15, -0.1) is 0 Å². The van der Waals surface area contributed by atoms with Gasteiger partial charge in [0, 0.05) is 6.54 Å². The third-order valence-corrected chi connectivity index (χ3v) is 7.51. The molecule has 3 rings (SSSR count). The first-order valence-corrected chi connectivity index (χ1v) is 12.5. The molecule has 1 unspecified atom stereocenters. The van der Waals surface area contributed by atoms with Gasteiger partial charge in [-0.25, -0.2) is 0 Å². The highest BCUT2D eigenvalue weighted by molar-refractivity contribution is 6.42. The molecule has 0 saturated heterocycles. The van der Waals surface area contributed by atoms with Crippen molar-refractivity contribution >= 4 is 23.2 Å². The molecule has 0 bridgehead atoms. The van der Waals surface area contributed by atoms with Gasteiger partial charge in [0.1, 0.15) is 0 Å². The Morgan fingerprint density at radius 3 is 2.39 bits per heavy atom. The Hall–Kier alpha value is -1.53. The summed E-state index contributed by atoms with van der Waals surface area (Å²) in [5.41, 5.74) is 1.90. The highest BCUT2D eigenvalue weighted by Gasteiger charge is 2.41. The molecule has 0 amide bonds. The zero-order valence-electron chi connectivity index (χ0n) is 18.6. The van der Waals surface area contributed by atoms with Gasteiger partial charge < -0.3 is 0 Å². The van der Waals surface area contributed by atoms with Crippen molar-refractivity contribution in [2.45, 2.75) is 70.3 Å². The quantitative estimate of drug-likeness (QED) is 0.361. The van der Waals surface area contributed by atoms with Crippen LogP contribution in [0.1, 0.15) is 69.4 Å². The van der Waals surface area contributed by atoms with Gasteiger partial charge in [-0.3, -0.25) is 4.90 Å². The summed E-state index contributed by atoms with van der Waals surface area (Å²) in [6.45, 7) is 5.27. The van der Waals surface area contributed by atoms with Crippen molar-refractivity contribution in [3.05, 3.63) is 69.7 Å². The Kier molecular flexibility index (Phi) is 9.27. The number of nitriles is 1. The van der Waals surface area contributed by atoms with Crippen LogP contribution in [0.2, 0.25) is 10.0 Å². The van der Waals surface area contributed by atoms with E-state index in [1.807, 2.05) is 18.2 Å². The third-order valence-electron chi connectivity index (χ3n) is 6.77. The SMILES string of the molecule is CCCN(CCCC(C#N)(c1ccc(Cl)c(Cl)c1)C1CCCCC1)Cc1ccccc1. The number of nitrogens with zero attached hydrogens (tertiary/aromatic N) is 2. The lowest BCUT2D eigenvalue weighted by atomic mass is 9.63. The Morgan fingerprint density at radius 1 is 1.00 bits per heavy atom. The van der Waals surface area contributed by atoms with Crippen molar-refractivity contribution in [1.82, 2.24) is 4.90 Å². The van der Waals surface area contributed by atoms with Crippen molar-refractivity contribution in [2.24, 2.45) is 5.92 Å². The summed E-state index contributed by atoms with van der Waals surface area (Å²) in [5.74, 6) is 0.386. The van der Waals surface area contributed by atoms with E-state index in [0.717, 1.165) is 57.3 Å². The number of halogens is 2. The van der Waals surface area contributed by atoms with Gasteiger partial charge in [0.15, 0.2) is 0 Å². The first kappa shape index (κ1) is 24.1. The minimum Gasteiger partial charge on any atom is -0.299 e. The molecule has 1 aliphatic carbocycles. The molecular formula is C27H34Cl2N2. The monoisotopic (exact) mass is 456 g/mol. The molecule has 0 aromatic heterocycles. The fourth-order valence-corrected chi connectivity index (χ4v) is 5.47. The lowest BCUT2D eigenvalue weighted by molar-refractivity contribution is 0.211. The van der Waals surface area contributed by atoms with Crippen LogP contribution in [-0.2, 0) is 12.0 Å². The molecule has 0 radical (unpaired) electrons. The van der Waals surface area contributed by atoms with E-state index in [4.69, 9.17) is 23.2 Å². The maximum absolute atomic E-state index is 10.5. The van der Waals surface area contributed by atoms with Crippen LogP contribution in [0.25, 0.3) is 0 Å². The standard InChI is InChI=1S/C27H34Cl2N2/c1-2-17-31(20-22-10-5-3-6-11-22)18-9-16-27(21-30,23-12-7-4-8-13-23)24-14-15-25(28)26(29)19-24/h3,5-6,10-11,14-15,19,23H,2,4,7-9,12-13,16-18,20H2,1H3. The Labute approximate surface area is 198 Å². The van der Waals surface area contributed by atoms with E-state index in [1.165, 1.54) is 24.8 Å². The normalized spacial score (nSPS) is 16.7. The molecule has 0 N–H and O–H groups in total. The van der Waals surface area contributed by atoms with E-state index >= 15 is 0 Å². The van der Waals surface area contributed by atoms with Crippen LogP contribution < -0.4 is 0 Å². The van der Waals surface area contributed by atoms with Crippen LogP contribution in [0, 0.1) is 17.2 Å². The van der Waals surface area contributed by atoms with E-state index in [1.54, 1.807) is 0 Å². The predicted octanol–water partition coefficient (Wildman–Crippen LogP) is 8.03. The van der Waals surface area contributed by atoms with Gasteiger partial charge in [0.05, 0.1) is 21.5 Å². The second kappa shape index (κ2) is 11.9. The Morgan fingerprint density at radius 2 is 1.74 bits per heavy atom. The van der Waals surface area contributed by atoms with E-state index in [-0.39, 0.29) is 0 Å². The van der Waals surface area contributed by atoms with Gasteiger partial charge >= 0.3 is 0 Å². The molecule has 2 aromatic carbocycles. The summed E-state index contributed by atoms with van der Waals surface area (Å²) in [4.78, 5) is 2.52. The molecule has 1 fully saturated rings. The van der Waals surface area contributed by atoms with Crippen LogP contribution in [0.15, 0.2) is 48.5 Å². The fourth-order valence-electron chi connectivity index (χ4n) is 5.17. The molecule has 1 atom stereocenters. The first-order valence-electron chi connectivity index (χ1n) is 11.7. The van der Waals surface area contributed by atoms with E-state index < -0.39 is 5.41 Å². The summed E-state index contributed by atoms with van der Waals surface area (Å²) in [6.07, 6.45) is 8.94. The maximum atomic E-state index is 10.5. The van der Waals surface area contributed by atoms with Crippen molar-refractivity contribution < 1.29 is 0 Å². The average molecular weight is 457 g/mol. The van der Waals surface area contributed by atoms with Crippen LogP contribution in [0.5, 0.6) is 0 Å². The summed E-state index contributed by atoms with van der Waals surface area (Å²) in [5, 5.41) is 11.6. The summed E-state index contributed by atoms with van der Waals surface area (Å²) in [6, 6.07) is 19.3. The topological polar surface area (TPSA) is 27.0 Å². The maximum Gasteiger partial charge on any atom is 0.0851 e. The predicted molar refractivity (Wildman–Crippen MR) is 132 cm³/mol. The van der Waals surface area contributed by atoms with Crippen LogP contribution in [0.3, 0.4) is 0 Å². The van der Waals surface area contributed by atoms with Crippen LogP contribution in [0.4, 0.5) is 0 Å². The Balaban J connectivity index is 1.77. The van der Waals surface area contributed by atoms with E-state index in [9.17, 15) is 5.26 Å².